The maximum absolute atomic E-state index is 12.1. The lowest BCUT2D eigenvalue weighted by Gasteiger charge is -2.27. The van der Waals surface area contributed by atoms with Crippen LogP contribution in [0.4, 0.5) is 9.18 Å². The van der Waals surface area contributed by atoms with E-state index >= 15 is 0 Å². The van der Waals surface area contributed by atoms with Gasteiger partial charge in [-0.3, -0.25) is 4.90 Å². The molecule has 0 aromatic rings. The number of esters is 1. The second-order valence-electron chi connectivity index (χ2n) is 5.59. The number of rotatable bonds is 4. The van der Waals surface area contributed by atoms with Gasteiger partial charge in [0.25, 0.3) is 0 Å². The standard InChI is InChI=1S/C13H22FNO5/c1-13(2,3)20-12(17)15-8-9(19-6-5-14)7-10(15)11(16)18-4/h9-10H,5-8H2,1-4H3/t9-,10?/m0/s1/i14-1. The van der Waals surface area contributed by atoms with E-state index in [1.54, 1.807) is 20.8 Å². The number of methoxy groups -OCH3 is 1. The lowest BCUT2D eigenvalue weighted by atomic mass is 10.2. The Balaban J connectivity index is 2.73. The largest absolute Gasteiger partial charge is 0.467 e. The van der Waals surface area contributed by atoms with E-state index in [0.29, 0.717) is 0 Å². The fourth-order valence-corrected chi connectivity index (χ4v) is 2.01. The molecule has 0 N–H and O–H groups in total. The monoisotopic (exact) mass is 290 g/mol. The number of hydrogen-bond donors (Lipinski definition) is 0. The van der Waals surface area contributed by atoms with Gasteiger partial charge in [0, 0.05) is 6.42 Å². The van der Waals surface area contributed by atoms with Gasteiger partial charge in [-0.05, 0) is 20.8 Å². The first kappa shape index (κ1) is 16.7. The molecule has 0 aliphatic carbocycles. The van der Waals surface area contributed by atoms with E-state index in [4.69, 9.17) is 9.47 Å². The van der Waals surface area contributed by atoms with Crippen molar-refractivity contribution in [2.45, 2.75) is 44.9 Å². The van der Waals surface area contributed by atoms with E-state index in [1.165, 1.54) is 12.0 Å². The van der Waals surface area contributed by atoms with Crippen molar-refractivity contribution in [3.63, 3.8) is 0 Å². The normalized spacial score (nSPS) is 22.8. The van der Waals surface area contributed by atoms with Crippen molar-refractivity contribution >= 4 is 12.1 Å². The summed E-state index contributed by atoms with van der Waals surface area (Å²) < 4.78 is 27.3. The Morgan fingerprint density at radius 3 is 2.50 bits per heavy atom. The highest BCUT2D eigenvalue weighted by molar-refractivity contribution is 5.82. The van der Waals surface area contributed by atoms with E-state index < -0.39 is 30.4 Å². The summed E-state index contributed by atoms with van der Waals surface area (Å²) in [7, 11) is 1.26. The molecule has 0 saturated carbocycles. The van der Waals surface area contributed by atoms with Crippen LogP contribution in [0.1, 0.15) is 27.2 Å². The van der Waals surface area contributed by atoms with Crippen molar-refractivity contribution < 1.29 is 28.2 Å². The van der Waals surface area contributed by atoms with Gasteiger partial charge in [-0.25, -0.2) is 14.0 Å². The summed E-state index contributed by atoms with van der Waals surface area (Å²) in [6, 6.07) is -0.750. The minimum absolute atomic E-state index is 0.0548. The average Bonchev–Trinajstić information content (AvgIpc) is 2.77. The Labute approximate surface area is 118 Å². The molecule has 0 bridgehead atoms. The lowest BCUT2D eigenvalue weighted by Crippen LogP contribution is -2.44. The van der Waals surface area contributed by atoms with E-state index in [0.717, 1.165) is 0 Å². The molecule has 1 aliphatic heterocycles. The third-order valence-corrected chi connectivity index (χ3v) is 2.79. The Kier molecular flexibility index (Phi) is 5.74. The molecule has 1 aliphatic rings. The number of carbonyl (C=O) groups is 2. The van der Waals surface area contributed by atoms with Crippen molar-refractivity contribution in [1.82, 2.24) is 4.90 Å². The molecule has 7 heteroatoms. The second-order valence-corrected chi connectivity index (χ2v) is 5.59. The topological polar surface area (TPSA) is 65.1 Å². The molecule has 1 saturated heterocycles. The molecule has 1 heterocycles. The third-order valence-electron chi connectivity index (χ3n) is 2.79. The van der Waals surface area contributed by atoms with Gasteiger partial charge in [-0.1, -0.05) is 0 Å². The van der Waals surface area contributed by atoms with Crippen molar-refractivity contribution in [1.29, 1.82) is 0 Å². The van der Waals surface area contributed by atoms with Crippen LogP contribution in [0, 0.1) is 0 Å². The Bertz CT molecular complexity index is 355. The highest BCUT2D eigenvalue weighted by Gasteiger charge is 2.42. The first-order valence-corrected chi connectivity index (χ1v) is 6.53. The van der Waals surface area contributed by atoms with Crippen LogP contribution in [0.3, 0.4) is 0 Å². The first-order valence-electron chi connectivity index (χ1n) is 6.53. The Morgan fingerprint density at radius 2 is 2.00 bits per heavy atom. The zero-order valence-electron chi connectivity index (χ0n) is 12.3. The van der Waals surface area contributed by atoms with Crippen LogP contribution in [-0.2, 0) is 19.0 Å². The number of nitrogens with zero attached hydrogens (tertiary/aromatic N) is 1. The fraction of sp³-hybridized carbons (Fsp3) is 0.846. The van der Waals surface area contributed by atoms with Crippen LogP contribution in [0.5, 0.6) is 0 Å². The molecule has 1 rings (SSSR count). The van der Waals surface area contributed by atoms with Gasteiger partial charge < -0.3 is 14.2 Å². The van der Waals surface area contributed by atoms with Gasteiger partial charge >= 0.3 is 12.1 Å². The summed E-state index contributed by atoms with van der Waals surface area (Å²) in [4.78, 5) is 25.1. The van der Waals surface area contributed by atoms with Gasteiger partial charge in [0.05, 0.1) is 26.4 Å². The van der Waals surface area contributed by atoms with Crippen LogP contribution in [0.2, 0.25) is 0 Å². The van der Waals surface area contributed by atoms with Crippen LogP contribution >= 0.6 is 0 Å². The minimum Gasteiger partial charge on any atom is -0.467 e. The summed E-state index contributed by atoms with van der Waals surface area (Å²) in [5, 5.41) is 0. The van der Waals surface area contributed by atoms with Crippen molar-refractivity contribution in [2.24, 2.45) is 0 Å². The molecule has 6 nitrogen and oxygen atoms in total. The van der Waals surface area contributed by atoms with Crippen LogP contribution < -0.4 is 0 Å². The third kappa shape index (κ3) is 4.63. The average molecular weight is 290 g/mol. The van der Waals surface area contributed by atoms with Crippen molar-refractivity contribution in [3.05, 3.63) is 0 Å². The fourth-order valence-electron chi connectivity index (χ4n) is 2.01. The van der Waals surface area contributed by atoms with E-state index in [-0.39, 0.29) is 25.7 Å². The molecular weight excluding hydrogens is 268 g/mol. The number of amides is 1. The maximum atomic E-state index is 12.1. The molecule has 0 radical (unpaired) electrons. The minimum atomic E-state index is -0.750. The lowest BCUT2D eigenvalue weighted by molar-refractivity contribution is -0.145. The van der Waals surface area contributed by atoms with Gasteiger partial charge in [0.1, 0.15) is 18.3 Å². The van der Waals surface area contributed by atoms with Crippen molar-refractivity contribution in [3.8, 4) is 0 Å². The molecular formula is C13H22FNO5. The number of carbonyl (C=O) groups excluding carboxylic acids is 2. The Hall–Kier alpha value is -1.37. The first-order chi connectivity index (χ1) is 9.28. The molecule has 0 spiro atoms. The summed E-state index contributed by atoms with van der Waals surface area (Å²) in [6.07, 6.45) is -0.701. The summed E-state index contributed by atoms with van der Waals surface area (Å²) in [6.45, 7) is 4.75. The number of ether oxygens (including phenoxy) is 3. The van der Waals surface area contributed by atoms with E-state index in [9.17, 15) is 14.0 Å². The molecule has 1 unspecified atom stereocenters. The number of hydrogen-bond acceptors (Lipinski definition) is 5. The van der Waals surface area contributed by atoms with Crippen LogP contribution in [0.15, 0.2) is 0 Å². The van der Waals surface area contributed by atoms with Crippen LogP contribution in [-0.4, -0.2) is 61.6 Å². The number of alkyl halides is 1. The molecule has 2 atom stereocenters. The predicted octanol–water partition coefficient (Wildman–Crippen LogP) is 1.52. The van der Waals surface area contributed by atoms with E-state index in [1.807, 2.05) is 0 Å². The SMILES string of the molecule is COC(=O)C1C[C@H](OCC[18F])CN1C(=O)OC(C)(C)C. The molecule has 0 aromatic heterocycles. The zero-order chi connectivity index (χ0) is 15.3. The molecule has 20 heavy (non-hydrogen) atoms. The highest BCUT2D eigenvalue weighted by atomic mass is 18.2. The van der Waals surface area contributed by atoms with Gasteiger partial charge in [0.2, 0.25) is 0 Å². The molecule has 0 aromatic carbocycles. The molecule has 116 valence electrons. The number of likely N-dealkylation sites (tertiary alicyclic amines) is 1. The second kappa shape index (κ2) is 6.88. The van der Waals surface area contributed by atoms with E-state index in [2.05, 4.69) is 4.74 Å². The smallest absolute Gasteiger partial charge is 0.411 e. The van der Waals surface area contributed by atoms with Gasteiger partial charge in [-0.2, -0.15) is 0 Å². The summed E-state index contributed by atoms with van der Waals surface area (Å²) in [5.41, 5.74) is -0.657. The maximum Gasteiger partial charge on any atom is 0.411 e. The number of halogens is 1. The van der Waals surface area contributed by atoms with Gasteiger partial charge in [-0.15, -0.1) is 0 Å². The molecule has 1 amide bonds. The quantitative estimate of drug-likeness (QED) is 0.735. The molecule has 1 fully saturated rings. The summed E-state index contributed by atoms with van der Waals surface area (Å²) >= 11 is 0. The Morgan fingerprint density at radius 1 is 1.35 bits per heavy atom. The highest BCUT2D eigenvalue weighted by Crippen LogP contribution is 2.24. The van der Waals surface area contributed by atoms with Crippen LogP contribution in [0.25, 0.3) is 0 Å². The summed E-state index contributed by atoms with van der Waals surface area (Å²) in [5.74, 6) is -0.526. The zero-order valence-corrected chi connectivity index (χ0v) is 12.3. The van der Waals surface area contributed by atoms with Gasteiger partial charge in [0.15, 0.2) is 0 Å². The van der Waals surface area contributed by atoms with Crippen molar-refractivity contribution in [2.75, 3.05) is 26.9 Å². The predicted molar refractivity (Wildman–Crippen MR) is 69.1 cm³/mol.